The maximum atomic E-state index is 13.1. The first kappa shape index (κ1) is 29.2. The number of hydrogen-bond donors (Lipinski definition) is 7. The van der Waals surface area contributed by atoms with E-state index in [1.807, 2.05) is 0 Å². The molecule has 37 heavy (non-hydrogen) atoms. The maximum absolute atomic E-state index is 13.1. The van der Waals surface area contributed by atoms with Crippen LogP contribution in [0.3, 0.4) is 0 Å². The lowest BCUT2D eigenvalue weighted by Gasteiger charge is -2.25. The molecule has 0 aromatic heterocycles. The van der Waals surface area contributed by atoms with Crippen molar-refractivity contribution in [2.24, 2.45) is 11.5 Å². The number of hydrogen-bond acceptors (Lipinski definition) is 7. The highest BCUT2D eigenvalue weighted by Gasteiger charge is 2.31. The summed E-state index contributed by atoms with van der Waals surface area (Å²) in [4.78, 5) is 73.1. The lowest BCUT2D eigenvalue weighted by molar-refractivity contribution is -0.142. The second-order valence-electron chi connectivity index (χ2n) is 8.87. The van der Waals surface area contributed by atoms with E-state index in [0.717, 1.165) is 6.42 Å². The summed E-state index contributed by atoms with van der Waals surface area (Å²) < 4.78 is 0. The zero-order valence-electron chi connectivity index (χ0n) is 20.4. The molecule has 0 aliphatic carbocycles. The van der Waals surface area contributed by atoms with Gasteiger partial charge in [0.2, 0.25) is 29.5 Å². The second-order valence-corrected chi connectivity index (χ2v) is 8.87. The van der Waals surface area contributed by atoms with Crippen LogP contribution in [0.4, 0.5) is 0 Å². The van der Waals surface area contributed by atoms with Crippen LogP contribution in [0.25, 0.3) is 0 Å². The minimum absolute atomic E-state index is 0.00984. The molecule has 9 N–H and O–H groups in total. The molecule has 202 valence electrons. The Kier molecular flexibility index (Phi) is 11.5. The van der Waals surface area contributed by atoms with Crippen LogP contribution in [0.2, 0.25) is 0 Å². The van der Waals surface area contributed by atoms with Crippen LogP contribution in [-0.4, -0.2) is 71.3 Å². The third-order valence-electron chi connectivity index (χ3n) is 5.90. The fourth-order valence-corrected chi connectivity index (χ4v) is 3.89. The summed E-state index contributed by atoms with van der Waals surface area (Å²) >= 11 is 0. The number of benzene rings is 1. The molecule has 0 radical (unpaired) electrons. The fourth-order valence-electron chi connectivity index (χ4n) is 3.89. The van der Waals surface area contributed by atoms with Gasteiger partial charge in [-0.25, -0.2) is 4.79 Å². The molecular formula is C24H34N6O7. The second kappa shape index (κ2) is 14.5. The predicted octanol–water partition coefficient (Wildman–Crippen LogP) is -1.95. The summed E-state index contributed by atoms with van der Waals surface area (Å²) in [5, 5.41) is 20.0. The Bertz CT molecular complexity index is 981. The van der Waals surface area contributed by atoms with Crippen molar-refractivity contribution in [3.05, 3.63) is 35.9 Å². The first-order chi connectivity index (χ1) is 17.6. The van der Waals surface area contributed by atoms with Gasteiger partial charge in [0.1, 0.15) is 18.1 Å². The third kappa shape index (κ3) is 10.3. The summed E-state index contributed by atoms with van der Waals surface area (Å²) in [6.07, 6.45) is 0.577. The van der Waals surface area contributed by atoms with Gasteiger partial charge in [0.25, 0.3) is 0 Å². The Morgan fingerprint density at radius 2 is 1.41 bits per heavy atom. The SMILES string of the molecule is NC(=O)CCC(NC(=O)C(CCC(N)=O)NC(=O)C1CCCN1)C(=O)NC(Cc1ccccc1)C(=O)O. The van der Waals surface area contributed by atoms with Gasteiger partial charge in [-0.05, 0) is 37.8 Å². The molecule has 1 aromatic carbocycles. The Labute approximate surface area is 214 Å². The summed E-state index contributed by atoms with van der Waals surface area (Å²) in [6, 6.07) is 4.33. The number of aliphatic carboxylic acids is 1. The van der Waals surface area contributed by atoms with Crippen molar-refractivity contribution in [1.82, 2.24) is 21.3 Å². The lowest BCUT2D eigenvalue weighted by Crippen LogP contribution is -2.57. The highest BCUT2D eigenvalue weighted by atomic mass is 16.4. The predicted molar refractivity (Wildman–Crippen MR) is 131 cm³/mol. The van der Waals surface area contributed by atoms with Crippen LogP contribution in [0.5, 0.6) is 0 Å². The van der Waals surface area contributed by atoms with Crippen molar-refractivity contribution >= 4 is 35.5 Å². The van der Waals surface area contributed by atoms with Crippen molar-refractivity contribution in [3.63, 3.8) is 0 Å². The molecule has 1 aliphatic heterocycles. The van der Waals surface area contributed by atoms with Crippen molar-refractivity contribution in [1.29, 1.82) is 0 Å². The van der Waals surface area contributed by atoms with Gasteiger partial charge in [-0.3, -0.25) is 24.0 Å². The third-order valence-corrected chi connectivity index (χ3v) is 5.90. The Hall–Kier alpha value is -4.00. The van der Waals surface area contributed by atoms with Crippen molar-refractivity contribution in [2.75, 3.05) is 6.54 Å². The minimum atomic E-state index is -1.32. The standard InChI is InChI=1S/C24H34N6O7/c25-19(31)10-8-16(28-21(33)15-7-4-12-27-15)22(34)29-17(9-11-20(26)32)23(35)30-18(24(36)37)13-14-5-2-1-3-6-14/h1-3,5-6,15-18,27H,4,7-13H2,(H2,25,31)(H2,26,32)(H,28,33)(H,29,34)(H,30,35)(H,36,37). The van der Waals surface area contributed by atoms with Crippen LogP contribution in [-0.2, 0) is 35.2 Å². The topological polar surface area (TPSA) is 223 Å². The van der Waals surface area contributed by atoms with Crippen LogP contribution < -0.4 is 32.7 Å². The van der Waals surface area contributed by atoms with Gasteiger partial charge in [0.15, 0.2) is 0 Å². The molecule has 1 saturated heterocycles. The smallest absolute Gasteiger partial charge is 0.326 e. The number of carboxylic acid groups (broad SMARTS) is 1. The van der Waals surface area contributed by atoms with E-state index < -0.39 is 59.7 Å². The molecule has 0 saturated carbocycles. The van der Waals surface area contributed by atoms with Crippen LogP contribution in [0.1, 0.15) is 44.1 Å². The van der Waals surface area contributed by atoms with Crippen molar-refractivity contribution < 1.29 is 33.9 Å². The lowest BCUT2D eigenvalue weighted by atomic mass is 10.0. The molecular weight excluding hydrogens is 484 g/mol. The van der Waals surface area contributed by atoms with E-state index >= 15 is 0 Å². The number of amides is 5. The van der Waals surface area contributed by atoms with Gasteiger partial charge >= 0.3 is 5.97 Å². The van der Waals surface area contributed by atoms with Gasteiger partial charge in [-0.2, -0.15) is 0 Å². The number of primary amides is 2. The average Bonchev–Trinajstić information content (AvgIpc) is 3.39. The summed E-state index contributed by atoms with van der Waals surface area (Å²) in [7, 11) is 0. The Morgan fingerprint density at radius 3 is 1.89 bits per heavy atom. The largest absolute Gasteiger partial charge is 0.480 e. The number of carboxylic acids is 1. The van der Waals surface area contributed by atoms with Gasteiger partial charge in [0.05, 0.1) is 6.04 Å². The first-order valence-electron chi connectivity index (χ1n) is 12.0. The van der Waals surface area contributed by atoms with E-state index in [4.69, 9.17) is 11.5 Å². The normalized spacial score (nSPS) is 17.1. The fraction of sp³-hybridized carbons (Fsp3) is 0.500. The summed E-state index contributed by atoms with van der Waals surface area (Å²) in [6.45, 7) is 0.652. The van der Waals surface area contributed by atoms with Crippen molar-refractivity contribution in [2.45, 2.75) is 69.1 Å². The number of carbonyl (C=O) groups excluding carboxylic acids is 5. The van der Waals surface area contributed by atoms with Gasteiger partial charge in [0, 0.05) is 19.3 Å². The van der Waals surface area contributed by atoms with Gasteiger partial charge in [-0.1, -0.05) is 30.3 Å². The summed E-state index contributed by atoms with van der Waals surface area (Å²) in [5.74, 6) is -4.75. The minimum Gasteiger partial charge on any atom is -0.480 e. The molecule has 1 aliphatic rings. The van der Waals surface area contributed by atoms with E-state index in [9.17, 15) is 33.9 Å². The van der Waals surface area contributed by atoms with E-state index in [2.05, 4.69) is 21.3 Å². The molecule has 5 amide bonds. The molecule has 13 heteroatoms. The number of nitrogens with one attached hydrogen (secondary N) is 4. The van der Waals surface area contributed by atoms with E-state index in [1.54, 1.807) is 30.3 Å². The number of carbonyl (C=O) groups is 6. The van der Waals surface area contributed by atoms with Crippen LogP contribution in [0.15, 0.2) is 30.3 Å². The molecule has 13 nitrogen and oxygen atoms in total. The molecule has 4 unspecified atom stereocenters. The monoisotopic (exact) mass is 518 g/mol. The highest BCUT2D eigenvalue weighted by molar-refractivity contribution is 5.94. The molecule has 0 bridgehead atoms. The maximum Gasteiger partial charge on any atom is 0.326 e. The Balaban J connectivity index is 2.14. The average molecular weight is 519 g/mol. The Morgan fingerprint density at radius 1 is 0.865 bits per heavy atom. The molecule has 0 spiro atoms. The van der Waals surface area contributed by atoms with Crippen LogP contribution >= 0.6 is 0 Å². The number of nitrogens with two attached hydrogens (primary N) is 2. The number of rotatable bonds is 15. The van der Waals surface area contributed by atoms with E-state index in [-0.39, 0.29) is 32.1 Å². The quantitative estimate of drug-likeness (QED) is 0.138. The molecule has 1 heterocycles. The molecule has 1 aromatic rings. The van der Waals surface area contributed by atoms with Gasteiger partial charge in [-0.15, -0.1) is 0 Å². The molecule has 4 atom stereocenters. The van der Waals surface area contributed by atoms with E-state index in [0.29, 0.717) is 18.5 Å². The van der Waals surface area contributed by atoms with Gasteiger partial charge < -0.3 is 37.8 Å². The molecule has 2 rings (SSSR count). The molecule has 1 fully saturated rings. The zero-order valence-corrected chi connectivity index (χ0v) is 20.4. The summed E-state index contributed by atoms with van der Waals surface area (Å²) in [5.41, 5.74) is 11.1. The highest BCUT2D eigenvalue weighted by Crippen LogP contribution is 2.09. The zero-order chi connectivity index (χ0) is 27.4. The van der Waals surface area contributed by atoms with E-state index in [1.165, 1.54) is 0 Å². The van der Waals surface area contributed by atoms with Crippen LogP contribution in [0, 0.1) is 0 Å². The van der Waals surface area contributed by atoms with Crippen molar-refractivity contribution in [3.8, 4) is 0 Å². The first-order valence-corrected chi connectivity index (χ1v) is 12.0.